The molecule has 1 atom stereocenters. The molecular formula is C16H18N2O2S. The van der Waals surface area contributed by atoms with Crippen LogP contribution in [-0.4, -0.2) is 36.1 Å². The number of ether oxygens (including phenoxy) is 1. The quantitative estimate of drug-likeness (QED) is 0.872. The van der Waals surface area contributed by atoms with Gasteiger partial charge in [-0.3, -0.25) is 4.79 Å². The van der Waals surface area contributed by atoms with Gasteiger partial charge in [0.2, 0.25) is 5.91 Å². The lowest BCUT2D eigenvalue weighted by atomic mass is 10.1. The summed E-state index contributed by atoms with van der Waals surface area (Å²) in [6, 6.07) is 10.1. The maximum Gasteiger partial charge on any atom is 0.228 e. The standard InChI is InChI=1S/C16H18N2O2S/c1-18(16(19)13-7-8-20-10-13)9-14-11-21-15(17-14)12-5-3-2-4-6-12/h2-6,11,13H,7-10H2,1H3. The van der Waals surface area contributed by atoms with Crippen molar-refractivity contribution in [2.75, 3.05) is 20.3 Å². The molecule has 0 radical (unpaired) electrons. The van der Waals surface area contributed by atoms with E-state index in [9.17, 15) is 4.79 Å². The predicted octanol–water partition coefficient (Wildman–Crippen LogP) is 2.81. The molecule has 1 fully saturated rings. The molecule has 0 aliphatic carbocycles. The molecule has 1 aliphatic heterocycles. The number of benzene rings is 1. The first-order chi connectivity index (χ1) is 10.2. The minimum absolute atomic E-state index is 0.0160. The Morgan fingerprint density at radius 3 is 2.95 bits per heavy atom. The van der Waals surface area contributed by atoms with Gasteiger partial charge in [-0.05, 0) is 6.42 Å². The molecule has 2 aromatic rings. The van der Waals surface area contributed by atoms with Crippen LogP contribution in [0.5, 0.6) is 0 Å². The summed E-state index contributed by atoms with van der Waals surface area (Å²) in [7, 11) is 1.84. The van der Waals surface area contributed by atoms with E-state index in [1.54, 1.807) is 16.2 Å². The zero-order chi connectivity index (χ0) is 14.7. The molecule has 110 valence electrons. The van der Waals surface area contributed by atoms with Crippen LogP contribution in [-0.2, 0) is 16.1 Å². The summed E-state index contributed by atoms with van der Waals surface area (Å²) in [6.45, 7) is 1.80. The summed E-state index contributed by atoms with van der Waals surface area (Å²) >= 11 is 1.61. The Kier molecular flexibility index (Phi) is 4.31. The van der Waals surface area contributed by atoms with E-state index in [2.05, 4.69) is 4.98 Å². The lowest BCUT2D eigenvalue weighted by Gasteiger charge is -2.19. The number of carbonyl (C=O) groups is 1. The normalized spacial score (nSPS) is 17.9. The fourth-order valence-corrected chi connectivity index (χ4v) is 3.27. The van der Waals surface area contributed by atoms with Crippen molar-refractivity contribution in [1.29, 1.82) is 0 Å². The number of amides is 1. The molecule has 4 nitrogen and oxygen atoms in total. The zero-order valence-electron chi connectivity index (χ0n) is 12.0. The van der Waals surface area contributed by atoms with Gasteiger partial charge in [0.05, 0.1) is 24.8 Å². The van der Waals surface area contributed by atoms with E-state index in [1.807, 2.05) is 42.8 Å². The second kappa shape index (κ2) is 6.37. The second-order valence-electron chi connectivity index (χ2n) is 5.26. The monoisotopic (exact) mass is 302 g/mol. The van der Waals surface area contributed by atoms with Gasteiger partial charge < -0.3 is 9.64 Å². The average Bonchev–Trinajstić information content (AvgIpc) is 3.19. The smallest absolute Gasteiger partial charge is 0.228 e. The highest BCUT2D eigenvalue weighted by Crippen LogP contribution is 2.24. The second-order valence-corrected chi connectivity index (χ2v) is 6.12. The number of hydrogen-bond acceptors (Lipinski definition) is 4. The predicted molar refractivity (Wildman–Crippen MR) is 83.0 cm³/mol. The number of thiazole rings is 1. The van der Waals surface area contributed by atoms with Gasteiger partial charge in [0.1, 0.15) is 5.01 Å². The molecule has 0 N–H and O–H groups in total. The van der Waals surface area contributed by atoms with Crippen molar-refractivity contribution in [2.45, 2.75) is 13.0 Å². The van der Waals surface area contributed by atoms with E-state index in [0.717, 1.165) is 22.7 Å². The van der Waals surface area contributed by atoms with Crippen molar-refractivity contribution < 1.29 is 9.53 Å². The summed E-state index contributed by atoms with van der Waals surface area (Å²) in [5.74, 6) is 0.170. The number of rotatable bonds is 4. The van der Waals surface area contributed by atoms with E-state index in [4.69, 9.17) is 4.74 Å². The Hall–Kier alpha value is -1.72. The van der Waals surface area contributed by atoms with Crippen LogP contribution in [0.4, 0.5) is 0 Å². The first kappa shape index (κ1) is 14.2. The van der Waals surface area contributed by atoms with Gasteiger partial charge in [-0.25, -0.2) is 4.98 Å². The zero-order valence-corrected chi connectivity index (χ0v) is 12.8. The van der Waals surface area contributed by atoms with E-state index in [0.29, 0.717) is 19.8 Å². The van der Waals surface area contributed by atoms with Gasteiger partial charge in [0.15, 0.2) is 0 Å². The van der Waals surface area contributed by atoms with Crippen molar-refractivity contribution in [3.8, 4) is 10.6 Å². The Labute approximate surface area is 128 Å². The van der Waals surface area contributed by atoms with Crippen LogP contribution in [0.25, 0.3) is 10.6 Å². The van der Waals surface area contributed by atoms with Crippen LogP contribution in [0, 0.1) is 5.92 Å². The van der Waals surface area contributed by atoms with Crippen molar-refractivity contribution in [2.24, 2.45) is 5.92 Å². The van der Waals surface area contributed by atoms with Gasteiger partial charge in [0.25, 0.3) is 0 Å². The Morgan fingerprint density at radius 1 is 1.43 bits per heavy atom. The molecule has 0 saturated carbocycles. The Morgan fingerprint density at radius 2 is 2.24 bits per heavy atom. The SMILES string of the molecule is CN(Cc1csc(-c2ccccc2)n1)C(=O)C1CCOC1. The minimum atomic E-state index is 0.0160. The van der Waals surface area contributed by atoms with Crippen molar-refractivity contribution in [3.63, 3.8) is 0 Å². The van der Waals surface area contributed by atoms with Crippen LogP contribution in [0.1, 0.15) is 12.1 Å². The van der Waals surface area contributed by atoms with Gasteiger partial charge in [0, 0.05) is 24.6 Å². The van der Waals surface area contributed by atoms with Crippen LogP contribution >= 0.6 is 11.3 Å². The minimum Gasteiger partial charge on any atom is -0.381 e. The molecule has 1 aromatic heterocycles. The molecule has 0 bridgehead atoms. The molecule has 5 heteroatoms. The Bertz CT molecular complexity index is 606. The van der Waals surface area contributed by atoms with E-state index in [1.165, 1.54) is 0 Å². The molecule has 3 rings (SSSR count). The highest BCUT2D eigenvalue weighted by atomic mass is 32.1. The largest absolute Gasteiger partial charge is 0.381 e. The van der Waals surface area contributed by atoms with Gasteiger partial charge in [-0.15, -0.1) is 11.3 Å². The summed E-state index contributed by atoms with van der Waals surface area (Å²) in [6.07, 6.45) is 0.829. The first-order valence-electron chi connectivity index (χ1n) is 7.06. The van der Waals surface area contributed by atoms with Crippen LogP contribution in [0.15, 0.2) is 35.7 Å². The van der Waals surface area contributed by atoms with E-state index < -0.39 is 0 Å². The molecule has 1 aromatic carbocycles. The molecule has 1 unspecified atom stereocenters. The van der Waals surface area contributed by atoms with E-state index >= 15 is 0 Å². The third kappa shape index (κ3) is 3.31. The molecule has 1 amide bonds. The average molecular weight is 302 g/mol. The summed E-state index contributed by atoms with van der Waals surface area (Å²) in [5.41, 5.74) is 2.06. The maximum absolute atomic E-state index is 12.2. The van der Waals surface area contributed by atoms with Crippen molar-refractivity contribution >= 4 is 17.2 Å². The number of aromatic nitrogens is 1. The molecule has 0 spiro atoms. The van der Waals surface area contributed by atoms with Crippen molar-refractivity contribution in [1.82, 2.24) is 9.88 Å². The van der Waals surface area contributed by atoms with E-state index in [-0.39, 0.29) is 11.8 Å². The number of nitrogens with zero attached hydrogens (tertiary/aromatic N) is 2. The Balaban J connectivity index is 1.65. The molecule has 21 heavy (non-hydrogen) atoms. The van der Waals surface area contributed by atoms with Crippen molar-refractivity contribution in [3.05, 3.63) is 41.4 Å². The third-order valence-corrected chi connectivity index (χ3v) is 4.57. The number of carbonyl (C=O) groups excluding carboxylic acids is 1. The first-order valence-corrected chi connectivity index (χ1v) is 7.94. The van der Waals surface area contributed by atoms with Gasteiger partial charge in [-0.1, -0.05) is 30.3 Å². The fourth-order valence-electron chi connectivity index (χ4n) is 2.45. The highest BCUT2D eigenvalue weighted by molar-refractivity contribution is 7.13. The highest BCUT2D eigenvalue weighted by Gasteiger charge is 2.26. The number of hydrogen-bond donors (Lipinski definition) is 0. The topological polar surface area (TPSA) is 42.4 Å². The lowest BCUT2D eigenvalue weighted by molar-refractivity contribution is -0.134. The van der Waals surface area contributed by atoms with Gasteiger partial charge >= 0.3 is 0 Å². The van der Waals surface area contributed by atoms with Crippen LogP contribution in [0.3, 0.4) is 0 Å². The van der Waals surface area contributed by atoms with Crippen LogP contribution < -0.4 is 0 Å². The maximum atomic E-state index is 12.2. The molecular weight excluding hydrogens is 284 g/mol. The fraction of sp³-hybridized carbons (Fsp3) is 0.375. The lowest BCUT2D eigenvalue weighted by Crippen LogP contribution is -2.32. The molecule has 1 aliphatic rings. The summed E-state index contributed by atoms with van der Waals surface area (Å²) < 4.78 is 5.28. The summed E-state index contributed by atoms with van der Waals surface area (Å²) in [5, 5.41) is 3.02. The van der Waals surface area contributed by atoms with Gasteiger partial charge in [-0.2, -0.15) is 0 Å². The third-order valence-electron chi connectivity index (χ3n) is 3.63. The van der Waals surface area contributed by atoms with Crippen LogP contribution in [0.2, 0.25) is 0 Å². The molecule has 1 saturated heterocycles. The summed E-state index contributed by atoms with van der Waals surface area (Å²) in [4.78, 5) is 18.6. The molecule has 2 heterocycles.